The van der Waals surface area contributed by atoms with Crippen LogP contribution in [-0.4, -0.2) is 44.3 Å². The van der Waals surface area contributed by atoms with Gasteiger partial charge in [0.25, 0.3) is 0 Å². The summed E-state index contributed by atoms with van der Waals surface area (Å²) in [7, 11) is -3.73. The zero-order valence-corrected chi connectivity index (χ0v) is 21.4. The lowest BCUT2D eigenvalue weighted by Crippen LogP contribution is -2.23. The van der Waals surface area contributed by atoms with Crippen LogP contribution in [0, 0.1) is 6.92 Å². The molecule has 10 heteroatoms. The molecule has 0 saturated heterocycles. The molecule has 0 aromatic heterocycles. The number of aryl methyl sites for hydroxylation is 1. The van der Waals surface area contributed by atoms with Crippen LogP contribution in [0.4, 0.5) is 0 Å². The number of carboxylic acids is 1. The highest BCUT2D eigenvalue weighted by Crippen LogP contribution is 2.26. The molecular weight excluding hydrogens is 513 g/mol. The molecule has 3 N–H and O–H groups in total. The van der Waals surface area contributed by atoms with Gasteiger partial charge in [0, 0.05) is 11.6 Å². The zero-order valence-electron chi connectivity index (χ0n) is 19.0. The fraction of sp³-hybridized carbons (Fsp3) is 0.240. The van der Waals surface area contributed by atoms with Gasteiger partial charge in [-0.1, -0.05) is 35.9 Å². The molecule has 0 heterocycles. The summed E-state index contributed by atoms with van der Waals surface area (Å²) in [6, 6.07) is 18.1. The van der Waals surface area contributed by atoms with E-state index in [1.807, 2.05) is 6.07 Å². The fourth-order valence-corrected chi connectivity index (χ4v) is 4.91. The Hall–Kier alpha value is -2.62. The summed E-state index contributed by atoms with van der Waals surface area (Å²) in [4.78, 5) is 10.9. The molecule has 3 aromatic carbocycles. The van der Waals surface area contributed by atoms with E-state index >= 15 is 0 Å². The van der Waals surface area contributed by atoms with Gasteiger partial charge in [-0.05, 0) is 79.0 Å². The molecule has 3 rings (SSSR count). The quantitative estimate of drug-likeness (QED) is 0.312. The van der Waals surface area contributed by atoms with Gasteiger partial charge in [-0.25, -0.2) is 13.2 Å². The molecule has 3 aromatic rings. The molecule has 0 aliphatic carbocycles. The SMILES string of the molecule is Cc1cc(S(=O)(=O)c2ccc(CCNC[C@@H](O)c3cccc(Cl)c3)cc2)ccc1OCC(=O)O.Cl. The average molecular weight is 540 g/mol. The van der Waals surface area contributed by atoms with Crippen LogP contribution in [0.5, 0.6) is 5.75 Å². The van der Waals surface area contributed by atoms with Crippen LogP contribution in [0.1, 0.15) is 22.8 Å². The Morgan fingerprint density at radius 2 is 1.74 bits per heavy atom. The average Bonchev–Trinajstić information content (AvgIpc) is 2.81. The summed E-state index contributed by atoms with van der Waals surface area (Å²) >= 11 is 5.95. The number of sulfone groups is 1. The van der Waals surface area contributed by atoms with E-state index in [9.17, 15) is 18.3 Å². The second-order valence-electron chi connectivity index (χ2n) is 7.78. The number of ether oxygens (including phenoxy) is 1. The molecule has 0 unspecified atom stereocenters. The normalized spacial score (nSPS) is 12.0. The fourth-order valence-electron chi connectivity index (χ4n) is 3.37. The Morgan fingerprint density at radius 1 is 1.06 bits per heavy atom. The number of hydrogen-bond acceptors (Lipinski definition) is 6. The number of aliphatic hydroxyl groups is 1. The Morgan fingerprint density at radius 3 is 2.37 bits per heavy atom. The van der Waals surface area contributed by atoms with Gasteiger partial charge in [-0.2, -0.15) is 0 Å². The lowest BCUT2D eigenvalue weighted by atomic mass is 10.1. The summed E-state index contributed by atoms with van der Waals surface area (Å²) in [5.74, 6) is -0.784. The predicted octanol–water partition coefficient (Wildman–Crippen LogP) is 4.23. The maximum absolute atomic E-state index is 13.0. The topological polar surface area (TPSA) is 113 Å². The van der Waals surface area contributed by atoms with E-state index in [2.05, 4.69) is 5.32 Å². The Labute approximate surface area is 216 Å². The van der Waals surface area contributed by atoms with E-state index in [4.69, 9.17) is 21.4 Å². The van der Waals surface area contributed by atoms with Crippen molar-refractivity contribution in [1.29, 1.82) is 0 Å². The van der Waals surface area contributed by atoms with Gasteiger partial charge in [0.2, 0.25) is 9.84 Å². The summed E-state index contributed by atoms with van der Waals surface area (Å²) in [5.41, 5.74) is 2.23. The second kappa shape index (κ2) is 12.9. The van der Waals surface area contributed by atoms with E-state index in [1.54, 1.807) is 49.4 Å². The highest BCUT2D eigenvalue weighted by Gasteiger charge is 2.19. The van der Waals surface area contributed by atoms with Crippen molar-refractivity contribution in [2.24, 2.45) is 0 Å². The van der Waals surface area contributed by atoms with Crippen molar-refractivity contribution < 1.29 is 28.2 Å². The minimum absolute atomic E-state index is 0. The lowest BCUT2D eigenvalue weighted by molar-refractivity contribution is -0.139. The van der Waals surface area contributed by atoms with Crippen LogP contribution in [0.2, 0.25) is 5.02 Å². The molecule has 188 valence electrons. The van der Waals surface area contributed by atoms with Gasteiger partial charge < -0.3 is 20.3 Å². The number of carboxylic acid groups (broad SMARTS) is 1. The minimum atomic E-state index is -3.73. The number of aliphatic hydroxyl groups excluding tert-OH is 1. The van der Waals surface area contributed by atoms with Crippen LogP contribution in [0.3, 0.4) is 0 Å². The van der Waals surface area contributed by atoms with E-state index in [-0.39, 0.29) is 22.2 Å². The molecule has 0 radical (unpaired) electrons. The maximum Gasteiger partial charge on any atom is 0.341 e. The van der Waals surface area contributed by atoms with Crippen molar-refractivity contribution in [1.82, 2.24) is 5.32 Å². The lowest BCUT2D eigenvalue weighted by Gasteiger charge is -2.13. The van der Waals surface area contributed by atoms with Crippen molar-refractivity contribution in [2.75, 3.05) is 19.7 Å². The number of hydrogen-bond donors (Lipinski definition) is 3. The van der Waals surface area contributed by atoms with Crippen molar-refractivity contribution in [3.8, 4) is 5.75 Å². The molecule has 0 aliphatic heterocycles. The van der Waals surface area contributed by atoms with Crippen LogP contribution >= 0.6 is 24.0 Å². The largest absolute Gasteiger partial charge is 0.482 e. The first-order valence-electron chi connectivity index (χ1n) is 10.6. The number of carbonyl (C=O) groups is 1. The smallest absolute Gasteiger partial charge is 0.341 e. The third kappa shape index (κ3) is 7.95. The van der Waals surface area contributed by atoms with Gasteiger partial charge in [0.1, 0.15) is 5.75 Å². The molecule has 0 aliphatic rings. The highest BCUT2D eigenvalue weighted by molar-refractivity contribution is 7.91. The number of halogens is 2. The third-order valence-electron chi connectivity index (χ3n) is 5.20. The minimum Gasteiger partial charge on any atom is -0.482 e. The van der Waals surface area contributed by atoms with Crippen LogP contribution in [0.25, 0.3) is 0 Å². The van der Waals surface area contributed by atoms with Gasteiger partial charge in [0.05, 0.1) is 15.9 Å². The number of rotatable bonds is 11. The van der Waals surface area contributed by atoms with Gasteiger partial charge in [0.15, 0.2) is 6.61 Å². The summed E-state index contributed by atoms with van der Waals surface area (Å²) in [6.07, 6.45) is -0.00675. The molecule has 0 fully saturated rings. The first kappa shape index (κ1) is 28.6. The van der Waals surface area contributed by atoms with Gasteiger partial charge >= 0.3 is 5.97 Å². The monoisotopic (exact) mass is 539 g/mol. The van der Waals surface area contributed by atoms with E-state index in [1.165, 1.54) is 18.2 Å². The summed E-state index contributed by atoms with van der Waals surface area (Å²) in [5, 5.41) is 22.7. The van der Waals surface area contributed by atoms with Crippen molar-refractivity contribution >= 4 is 39.8 Å². The van der Waals surface area contributed by atoms with E-state index in [0.717, 1.165) is 11.1 Å². The first-order chi connectivity index (χ1) is 16.2. The van der Waals surface area contributed by atoms with Crippen molar-refractivity contribution in [3.63, 3.8) is 0 Å². The Balaban J connectivity index is 0.00000432. The molecule has 0 bridgehead atoms. The molecule has 7 nitrogen and oxygen atoms in total. The predicted molar refractivity (Wildman–Crippen MR) is 136 cm³/mol. The molecular formula is C25H27Cl2NO6S. The van der Waals surface area contributed by atoms with E-state index in [0.29, 0.717) is 35.8 Å². The number of nitrogens with one attached hydrogen (secondary N) is 1. The molecule has 0 saturated carbocycles. The second-order valence-corrected chi connectivity index (χ2v) is 10.2. The van der Waals surface area contributed by atoms with Crippen molar-refractivity contribution in [3.05, 3.63) is 88.4 Å². The summed E-state index contributed by atoms with van der Waals surface area (Å²) < 4.78 is 31.1. The van der Waals surface area contributed by atoms with Crippen LogP contribution in [0.15, 0.2) is 76.5 Å². The molecule has 35 heavy (non-hydrogen) atoms. The molecule has 1 atom stereocenters. The Kier molecular flexibility index (Phi) is 10.5. The van der Waals surface area contributed by atoms with Gasteiger partial charge in [-0.15, -0.1) is 12.4 Å². The highest BCUT2D eigenvalue weighted by atomic mass is 35.5. The summed E-state index contributed by atoms with van der Waals surface area (Å²) in [6.45, 7) is 2.15. The molecule has 0 amide bonds. The first-order valence-corrected chi connectivity index (χ1v) is 12.5. The van der Waals surface area contributed by atoms with E-state index < -0.39 is 28.5 Å². The van der Waals surface area contributed by atoms with Gasteiger partial charge in [-0.3, -0.25) is 0 Å². The Bertz CT molecular complexity index is 1250. The van der Waals surface area contributed by atoms with Crippen molar-refractivity contribution in [2.45, 2.75) is 29.2 Å². The molecule has 0 spiro atoms. The number of aliphatic carboxylic acids is 1. The maximum atomic E-state index is 13.0. The third-order valence-corrected chi connectivity index (χ3v) is 7.21. The van der Waals surface area contributed by atoms with Crippen LogP contribution in [-0.2, 0) is 21.1 Å². The zero-order chi connectivity index (χ0) is 24.7. The standard InChI is InChI=1S/C25H26ClNO6S.ClH/c1-17-13-22(9-10-24(17)33-16-25(29)30)34(31,32)21-7-5-18(6-8-21)11-12-27-15-23(28)19-3-2-4-20(26)14-19;/h2-10,13-14,23,27-28H,11-12,15-16H2,1H3,(H,29,30);1H/t23-;/m1./s1. The number of benzene rings is 3. The van der Waals surface area contributed by atoms with Crippen LogP contribution < -0.4 is 10.1 Å².